The van der Waals surface area contributed by atoms with E-state index < -0.39 is 0 Å². The van der Waals surface area contributed by atoms with E-state index in [9.17, 15) is 4.79 Å². The van der Waals surface area contributed by atoms with Gasteiger partial charge in [-0.1, -0.05) is 30.3 Å². The van der Waals surface area contributed by atoms with Crippen molar-refractivity contribution in [1.29, 1.82) is 0 Å². The van der Waals surface area contributed by atoms with Crippen LogP contribution in [-0.4, -0.2) is 42.6 Å². The number of benzene rings is 1. The Morgan fingerprint density at radius 2 is 2.10 bits per heavy atom. The first-order chi connectivity index (χ1) is 10.1. The number of hydrogen-bond acceptors (Lipinski definition) is 4. The minimum atomic E-state index is 0.00593. The molecule has 5 heteroatoms. The van der Waals surface area contributed by atoms with E-state index in [1.165, 1.54) is 16.9 Å². The Morgan fingerprint density at radius 1 is 1.38 bits per heavy atom. The van der Waals surface area contributed by atoms with Gasteiger partial charge in [0.15, 0.2) is 0 Å². The van der Waals surface area contributed by atoms with Gasteiger partial charge in [-0.3, -0.25) is 4.79 Å². The normalized spacial score (nSPS) is 12.1. The Morgan fingerprint density at radius 3 is 2.67 bits per heavy atom. The Kier molecular flexibility index (Phi) is 5.47. The third-order valence-corrected chi connectivity index (χ3v) is 4.40. The number of ether oxygens (including phenoxy) is 1. The lowest BCUT2D eigenvalue weighted by atomic mass is 10.1. The number of thiazole rings is 1. The first-order valence-corrected chi connectivity index (χ1v) is 7.71. The number of likely N-dealkylation sites (N-methyl/N-ethyl adjacent to an activating group) is 1. The van der Waals surface area contributed by atoms with Crippen molar-refractivity contribution in [3.8, 4) is 0 Å². The maximum Gasteiger partial charge on any atom is 0.265 e. The summed E-state index contributed by atoms with van der Waals surface area (Å²) in [6.07, 6.45) is 0.773. The Balaban J connectivity index is 2.13. The molecule has 0 spiro atoms. The topological polar surface area (TPSA) is 42.4 Å². The van der Waals surface area contributed by atoms with Crippen molar-refractivity contribution in [2.24, 2.45) is 0 Å². The molecule has 1 aromatic carbocycles. The molecule has 0 bridgehead atoms. The second-order valence-electron chi connectivity index (χ2n) is 4.98. The molecule has 0 aliphatic carbocycles. The van der Waals surface area contributed by atoms with Gasteiger partial charge >= 0.3 is 0 Å². The summed E-state index contributed by atoms with van der Waals surface area (Å²) in [5.41, 5.74) is 3.69. The van der Waals surface area contributed by atoms with Crippen LogP contribution < -0.4 is 0 Å². The number of hydrogen-bond donors (Lipinski definition) is 0. The predicted octanol–water partition coefficient (Wildman–Crippen LogP) is 2.78. The molecule has 4 nitrogen and oxygen atoms in total. The minimum Gasteiger partial charge on any atom is -0.383 e. The van der Waals surface area contributed by atoms with Gasteiger partial charge in [-0.2, -0.15) is 0 Å². The number of methoxy groups -OCH3 is 1. The Bertz CT molecular complexity index is 583. The second-order valence-corrected chi connectivity index (χ2v) is 5.84. The van der Waals surface area contributed by atoms with Gasteiger partial charge in [0.25, 0.3) is 5.91 Å². The van der Waals surface area contributed by atoms with Crippen molar-refractivity contribution in [2.75, 3.05) is 20.8 Å². The summed E-state index contributed by atoms with van der Waals surface area (Å²) in [6, 6.07) is 10.1. The average Bonchev–Trinajstić information content (AvgIpc) is 2.92. The van der Waals surface area contributed by atoms with Gasteiger partial charge in [0.2, 0.25) is 0 Å². The van der Waals surface area contributed by atoms with Gasteiger partial charge in [0, 0.05) is 14.2 Å². The third kappa shape index (κ3) is 3.89. The van der Waals surface area contributed by atoms with E-state index in [0.29, 0.717) is 11.5 Å². The number of carbonyl (C=O) groups is 1. The molecule has 2 rings (SSSR count). The lowest BCUT2D eigenvalue weighted by Crippen LogP contribution is -2.41. The van der Waals surface area contributed by atoms with Crippen LogP contribution in [0.4, 0.5) is 0 Å². The van der Waals surface area contributed by atoms with Crippen LogP contribution in [0.25, 0.3) is 0 Å². The van der Waals surface area contributed by atoms with E-state index in [0.717, 1.165) is 12.1 Å². The lowest BCUT2D eigenvalue weighted by Gasteiger charge is -2.27. The molecule has 0 saturated carbocycles. The summed E-state index contributed by atoms with van der Waals surface area (Å²) >= 11 is 1.38. The Hall–Kier alpha value is -1.72. The minimum absolute atomic E-state index is 0.00593. The van der Waals surface area contributed by atoms with Crippen molar-refractivity contribution in [3.63, 3.8) is 0 Å². The molecular weight excluding hydrogens is 284 g/mol. The SMILES string of the molecule is COC[C@@H](Cc1ccccc1)N(C)C(=O)c1scnc1C. The van der Waals surface area contributed by atoms with Crippen molar-refractivity contribution in [2.45, 2.75) is 19.4 Å². The van der Waals surface area contributed by atoms with E-state index in [1.807, 2.05) is 32.2 Å². The van der Waals surface area contributed by atoms with Crippen LogP contribution in [0, 0.1) is 6.92 Å². The summed E-state index contributed by atoms with van der Waals surface area (Å²) in [7, 11) is 3.49. The summed E-state index contributed by atoms with van der Waals surface area (Å²) in [5, 5.41) is 0. The molecule has 0 N–H and O–H groups in total. The lowest BCUT2D eigenvalue weighted by molar-refractivity contribution is 0.0608. The maximum atomic E-state index is 12.6. The van der Waals surface area contributed by atoms with Gasteiger partial charge in [0.1, 0.15) is 4.88 Å². The smallest absolute Gasteiger partial charge is 0.265 e. The number of aryl methyl sites for hydroxylation is 1. The molecular formula is C16H20N2O2S. The number of nitrogens with zero attached hydrogens (tertiary/aromatic N) is 2. The van der Waals surface area contributed by atoms with E-state index in [-0.39, 0.29) is 11.9 Å². The third-order valence-electron chi connectivity index (χ3n) is 3.48. The fourth-order valence-electron chi connectivity index (χ4n) is 2.22. The van der Waals surface area contributed by atoms with Gasteiger partial charge in [0.05, 0.1) is 23.9 Å². The molecule has 1 amide bonds. The molecule has 0 fully saturated rings. The van der Waals surface area contributed by atoms with Gasteiger partial charge in [-0.15, -0.1) is 11.3 Å². The first-order valence-electron chi connectivity index (χ1n) is 6.83. The largest absolute Gasteiger partial charge is 0.383 e. The van der Waals surface area contributed by atoms with Crippen LogP contribution in [0.5, 0.6) is 0 Å². The summed E-state index contributed by atoms with van der Waals surface area (Å²) in [4.78, 5) is 19.2. The van der Waals surface area contributed by atoms with Crippen LogP contribution >= 0.6 is 11.3 Å². The summed E-state index contributed by atoms with van der Waals surface area (Å²) in [6.45, 7) is 2.37. The highest BCUT2D eigenvalue weighted by atomic mass is 32.1. The van der Waals surface area contributed by atoms with Gasteiger partial charge in [-0.05, 0) is 18.9 Å². The molecule has 1 heterocycles. The number of carbonyl (C=O) groups excluding carboxylic acids is 1. The second kappa shape index (κ2) is 7.33. The quantitative estimate of drug-likeness (QED) is 0.824. The van der Waals surface area contributed by atoms with Crippen LogP contribution in [0.15, 0.2) is 35.8 Å². The fourth-order valence-corrected chi connectivity index (χ4v) is 3.00. The number of aromatic nitrogens is 1. The monoisotopic (exact) mass is 304 g/mol. The van der Waals surface area contributed by atoms with E-state index in [2.05, 4.69) is 17.1 Å². The first kappa shape index (κ1) is 15.7. The predicted molar refractivity (Wildman–Crippen MR) is 84.8 cm³/mol. The van der Waals surface area contributed by atoms with Crippen molar-refractivity contribution < 1.29 is 9.53 Å². The zero-order valence-corrected chi connectivity index (χ0v) is 13.4. The highest BCUT2D eigenvalue weighted by Gasteiger charge is 2.23. The highest BCUT2D eigenvalue weighted by Crippen LogP contribution is 2.17. The zero-order chi connectivity index (χ0) is 15.2. The van der Waals surface area contributed by atoms with Gasteiger partial charge < -0.3 is 9.64 Å². The van der Waals surface area contributed by atoms with Crippen LogP contribution in [-0.2, 0) is 11.2 Å². The molecule has 1 atom stereocenters. The van der Waals surface area contributed by atoms with Crippen LogP contribution in [0.1, 0.15) is 20.9 Å². The molecule has 2 aromatic rings. The fraction of sp³-hybridized carbons (Fsp3) is 0.375. The molecule has 0 aliphatic rings. The summed E-state index contributed by atoms with van der Waals surface area (Å²) in [5.74, 6) is 0.00739. The number of rotatable bonds is 6. The van der Waals surface area contributed by atoms with Crippen LogP contribution in [0.2, 0.25) is 0 Å². The zero-order valence-electron chi connectivity index (χ0n) is 12.6. The van der Waals surface area contributed by atoms with Crippen molar-refractivity contribution in [3.05, 3.63) is 52.0 Å². The van der Waals surface area contributed by atoms with E-state index >= 15 is 0 Å². The molecule has 21 heavy (non-hydrogen) atoms. The Labute approximate surface area is 129 Å². The highest BCUT2D eigenvalue weighted by molar-refractivity contribution is 7.11. The average molecular weight is 304 g/mol. The molecule has 0 radical (unpaired) electrons. The number of amides is 1. The van der Waals surface area contributed by atoms with Gasteiger partial charge in [-0.25, -0.2) is 4.98 Å². The molecule has 0 unspecified atom stereocenters. The van der Waals surface area contributed by atoms with Crippen molar-refractivity contribution in [1.82, 2.24) is 9.88 Å². The molecule has 0 aliphatic heterocycles. The molecule has 112 valence electrons. The summed E-state index contributed by atoms with van der Waals surface area (Å²) < 4.78 is 5.29. The van der Waals surface area contributed by atoms with E-state index in [4.69, 9.17) is 4.74 Å². The standard InChI is InChI=1S/C16H20N2O2S/c1-12-15(21-11-17-12)16(19)18(2)14(10-20-3)9-13-7-5-4-6-8-13/h4-8,11,14H,9-10H2,1-3H3/t14-/m1/s1. The van der Waals surface area contributed by atoms with E-state index in [1.54, 1.807) is 17.5 Å². The molecule has 1 aromatic heterocycles. The molecule has 0 saturated heterocycles. The van der Waals surface area contributed by atoms with Crippen LogP contribution in [0.3, 0.4) is 0 Å². The maximum absolute atomic E-state index is 12.6. The van der Waals surface area contributed by atoms with Crippen molar-refractivity contribution >= 4 is 17.2 Å².